The number of hydrogen-bond donors (Lipinski definition) is 2. The zero-order valence-corrected chi connectivity index (χ0v) is 11.8. The minimum Gasteiger partial charge on any atom is -0.508 e. The van der Waals surface area contributed by atoms with Gasteiger partial charge in [-0.05, 0) is 42.7 Å². The Labute approximate surface area is 119 Å². The van der Waals surface area contributed by atoms with Gasteiger partial charge in [-0.3, -0.25) is 0 Å². The van der Waals surface area contributed by atoms with Crippen LogP contribution in [0.1, 0.15) is 16.7 Å². The molecule has 0 amide bonds. The minimum absolute atomic E-state index is 0.118. The van der Waals surface area contributed by atoms with E-state index in [1.165, 1.54) is 16.7 Å². The number of nitrogens with one attached hydrogen (secondary N) is 1. The lowest BCUT2D eigenvalue weighted by Gasteiger charge is -2.28. The summed E-state index contributed by atoms with van der Waals surface area (Å²) in [6.45, 7) is 5.05. The summed E-state index contributed by atoms with van der Waals surface area (Å²) in [6.07, 6.45) is 1.01. The van der Waals surface area contributed by atoms with E-state index in [1.807, 2.05) is 6.07 Å². The average molecular weight is 269 g/mol. The van der Waals surface area contributed by atoms with Gasteiger partial charge in [0, 0.05) is 12.5 Å². The molecule has 0 spiro atoms. The molecule has 0 aliphatic carbocycles. The van der Waals surface area contributed by atoms with Crippen LogP contribution in [-0.2, 0) is 6.42 Å². The van der Waals surface area contributed by atoms with Gasteiger partial charge in [0.2, 0.25) is 0 Å². The maximum absolute atomic E-state index is 9.46. The lowest BCUT2D eigenvalue weighted by Crippen LogP contribution is -2.32. The van der Waals surface area contributed by atoms with Crippen LogP contribution in [0.4, 0.5) is 5.69 Å². The highest BCUT2D eigenvalue weighted by Crippen LogP contribution is 2.33. The summed E-state index contributed by atoms with van der Waals surface area (Å²) in [4.78, 5) is 0. The first-order valence-electron chi connectivity index (χ1n) is 6.92. The molecule has 1 atom stereocenters. The fraction of sp³-hybridized carbons (Fsp3) is 0.294. The summed E-state index contributed by atoms with van der Waals surface area (Å²) < 4.78 is 6.01. The Morgan fingerprint density at radius 2 is 2.10 bits per heavy atom. The number of hydrogen-bond acceptors (Lipinski definition) is 3. The third kappa shape index (κ3) is 2.44. The summed E-state index contributed by atoms with van der Waals surface area (Å²) in [5.74, 6) is 1.07. The Hall–Kier alpha value is -2.16. The van der Waals surface area contributed by atoms with Crippen LogP contribution in [0.2, 0.25) is 0 Å². The molecule has 104 valence electrons. The van der Waals surface area contributed by atoms with Crippen molar-refractivity contribution in [2.45, 2.75) is 26.4 Å². The monoisotopic (exact) mass is 269 g/mol. The number of benzene rings is 2. The van der Waals surface area contributed by atoms with Gasteiger partial charge >= 0.3 is 0 Å². The SMILES string of the molecule is Cc1cccc(CC2CNc3cc(O)ccc3O2)c1C. The van der Waals surface area contributed by atoms with Crippen LogP contribution >= 0.6 is 0 Å². The summed E-state index contributed by atoms with van der Waals surface area (Å²) in [5, 5.41) is 12.8. The lowest BCUT2D eigenvalue weighted by molar-refractivity contribution is 0.206. The Morgan fingerprint density at radius 1 is 1.25 bits per heavy atom. The molecule has 20 heavy (non-hydrogen) atoms. The van der Waals surface area contributed by atoms with Crippen LogP contribution < -0.4 is 10.1 Å². The second kappa shape index (κ2) is 5.08. The van der Waals surface area contributed by atoms with Crippen molar-refractivity contribution >= 4 is 5.69 Å². The van der Waals surface area contributed by atoms with Gasteiger partial charge in [0.05, 0.1) is 12.2 Å². The van der Waals surface area contributed by atoms with Crippen molar-refractivity contribution in [3.63, 3.8) is 0 Å². The third-order valence-electron chi connectivity index (χ3n) is 3.94. The summed E-state index contributed by atoms with van der Waals surface area (Å²) in [6, 6.07) is 11.6. The molecule has 3 rings (SSSR count). The van der Waals surface area contributed by atoms with Gasteiger partial charge < -0.3 is 15.2 Å². The second-order valence-electron chi connectivity index (χ2n) is 5.36. The Balaban J connectivity index is 1.77. The van der Waals surface area contributed by atoms with E-state index in [9.17, 15) is 5.11 Å². The van der Waals surface area contributed by atoms with Crippen molar-refractivity contribution in [3.05, 3.63) is 53.1 Å². The highest BCUT2D eigenvalue weighted by molar-refractivity contribution is 5.61. The maximum Gasteiger partial charge on any atom is 0.143 e. The van der Waals surface area contributed by atoms with Crippen LogP contribution in [0.5, 0.6) is 11.5 Å². The molecule has 0 aromatic heterocycles. The lowest BCUT2D eigenvalue weighted by atomic mass is 9.98. The maximum atomic E-state index is 9.46. The fourth-order valence-electron chi connectivity index (χ4n) is 2.60. The molecule has 2 aromatic rings. The van der Waals surface area contributed by atoms with Gasteiger partial charge in [-0.1, -0.05) is 18.2 Å². The highest BCUT2D eigenvalue weighted by atomic mass is 16.5. The summed E-state index contributed by atoms with van der Waals surface area (Å²) in [5.41, 5.74) is 4.85. The standard InChI is InChI=1S/C17H19NO2/c1-11-4-3-5-13(12(11)2)8-15-10-18-16-9-14(19)6-7-17(16)20-15/h3-7,9,15,18-19H,8,10H2,1-2H3. The molecule has 1 unspecified atom stereocenters. The number of rotatable bonds is 2. The largest absolute Gasteiger partial charge is 0.508 e. The molecule has 0 fully saturated rings. The van der Waals surface area contributed by atoms with E-state index < -0.39 is 0 Å². The Bertz CT molecular complexity index is 637. The van der Waals surface area contributed by atoms with Gasteiger partial charge in [-0.15, -0.1) is 0 Å². The second-order valence-corrected chi connectivity index (χ2v) is 5.36. The van der Waals surface area contributed by atoms with Crippen LogP contribution in [0.3, 0.4) is 0 Å². The molecule has 1 aliphatic heterocycles. The molecule has 1 heterocycles. The third-order valence-corrected chi connectivity index (χ3v) is 3.94. The molecule has 3 heteroatoms. The number of fused-ring (bicyclic) bond motifs is 1. The zero-order chi connectivity index (χ0) is 14.1. The highest BCUT2D eigenvalue weighted by Gasteiger charge is 2.20. The molecule has 3 nitrogen and oxygen atoms in total. The fourth-order valence-corrected chi connectivity index (χ4v) is 2.60. The molecule has 0 bridgehead atoms. The molecule has 2 N–H and O–H groups in total. The van der Waals surface area contributed by atoms with Crippen LogP contribution in [0.25, 0.3) is 0 Å². The normalized spacial score (nSPS) is 17.0. The smallest absolute Gasteiger partial charge is 0.143 e. The zero-order valence-electron chi connectivity index (χ0n) is 11.8. The van der Waals surface area contributed by atoms with Gasteiger partial charge in [-0.2, -0.15) is 0 Å². The number of ether oxygens (including phenoxy) is 1. The van der Waals surface area contributed by atoms with E-state index in [4.69, 9.17) is 4.74 Å². The van der Waals surface area contributed by atoms with Gasteiger partial charge in [0.15, 0.2) is 0 Å². The van der Waals surface area contributed by atoms with Crippen molar-refractivity contribution in [2.24, 2.45) is 0 Å². The molecule has 2 aromatic carbocycles. The van der Waals surface area contributed by atoms with Crippen LogP contribution in [0.15, 0.2) is 36.4 Å². The molecule has 1 aliphatic rings. The molecule has 0 saturated carbocycles. The number of phenolic OH excluding ortho intramolecular Hbond substituents is 1. The quantitative estimate of drug-likeness (QED) is 0.877. The van der Waals surface area contributed by atoms with Crippen molar-refractivity contribution in [2.75, 3.05) is 11.9 Å². The predicted molar refractivity (Wildman–Crippen MR) is 80.6 cm³/mol. The Morgan fingerprint density at radius 3 is 2.95 bits per heavy atom. The van der Waals surface area contributed by atoms with Gasteiger partial charge in [0.1, 0.15) is 17.6 Å². The summed E-state index contributed by atoms with van der Waals surface area (Å²) >= 11 is 0. The number of aromatic hydroxyl groups is 1. The van der Waals surface area contributed by atoms with E-state index in [1.54, 1.807) is 12.1 Å². The first-order chi connectivity index (χ1) is 9.63. The van der Waals surface area contributed by atoms with E-state index in [2.05, 4.69) is 37.4 Å². The molecule has 0 saturated heterocycles. The van der Waals surface area contributed by atoms with Gasteiger partial charge in [-0.25, -0.2) is 0 Å². The predicted octanol–water partition coefficient (Wildman–Crippen LogP) is 3.42. The molecule has 0 radical (unpaired) electrons. The first kappa shape index (κ1) is 12.9. The van der Waals surface area contributed by atoms with E-state index in [0.29, 0.717) is 0 Å². The first-order valence-corrected chi connectivity index (χ1v) is 6.92. The number of aryl methyl sites for hydroxylation is 1. The number of anilines is 1. The van der Waals surface area contributed by atoms with Crippen LogP contribution in [0, 0.1) is 13.8 Å². The van der Waals surface area contributed by atoms with E-state index in [-0.39, 0.29) is 11.9 Å². The molecular formula is C17H19NO2. The molecular weight excluding hydrogens is 250 g/mol. The summed E-state index contributed by atoms with van der Waals surface area (Å²) in [7, 11) is 0. The van der Waals surface area contributed by atoms with Gasteiger partial charge in [0.25, 0.3) is 0 Å². The van der Waals surface area contributed by atoms with Crippen molar-refractivity contribution in [3.8, 4) is 11.5 Å². The minimum atomic E-state index is 0.118. The average Bonchev–Trinajstić information content (AvgIpc) is 2.44. The number of phenols is 1. The van der Waals surface area contributed by atoms with Crippen molar-refractivity contribution in [1.29, 1.82) is 0 Å². The van der Waals surface area contributed by atoms with E-state index >= 15 is 0 Å². The van der Waals surface area contributed by atoms with E-state index in [0.717, 1.165) is 24.4 Å². The topological polar surface area (TPSA) is 41.5 Å². The van der Waals surface area contributed by atoms with Crippen molar-refractivity contribution < 1.29 is 9.84 Å². The van der Waals surface area contributed by atoms with Crippen molar-refractivity contribution in [1.82, 2.24) is 0 Å². The Kier molecular flexibility index (Phi) is 3.26. The van der Waals surface area contributed by atoms with Crippen LogP contribution in [-0.4, -0.2) is 17.8 Å².